The fourth-order valence-corrected chi connectivity index (χ4v) is 11.8. The Morgan fingerprint density at radius 2 is 0.529 bits per heavy atom. The number of aliphatic hydroxyl groups excluding tert-OH is 1. The highest BCUT2D eigenvalue weighted by atomic mass is 31.2. The van der Waals surface area contributed by atoms with Crippen molar-refractivity contribution in [3.05, 3.63) is 0 Å². The summed E-state index contributed by atoms with van der Waals surface area (Å²) in [5, 5.41) is 10.5. The van der Waals surface area contributed by atoms with E-state index >= 15 is 0 Å². The summed E-state index contributed by atoms with van der Waals surface area (Å²) >= 11 is 0. The molecule has 516 valence electrons. The molecule has 0 fully saturated rings. The molecule has 0 aliphatic rings. The second-order valence-corrected chi connectivity index (χ2v) is 28.4. The Hall–Kier alpha value is -1.94. The Morgan fingerprint density at radius 3 is 0.782 bits per heavy atom. The van der Waals surface area contributed by atoms with Gasteiger partial charge in [-0.25, -0.2) is 9.13 Å². The summed E-state index contributed by atoms with van der Waals surface area (Å²) in [6.07, 6.45) is 44.8. The molecule has 0 radical (unpaired) electrons. The highest BCUT2D eigenvalue weighted by Gasteiger charge is 2.30. The van der Waals surface area contributed by atoms with Gasteiger partial charge in [-0.1, -0.05) is 292 Å². The fraction of sp³-hybridized carbons (Fsp3) is 0.941. The van der Waals surface area contributed by atoms with Crippen molar-refractivity contribution < 1.29 is 80.2 Å². The van der Waals surface area contributed by atoms with Gasteiger partial charge in [0.15, 0.2) is 12.2 Å². The van der Waals surface area contributed by atoms with Gasteiger partial charge in [0.05, 0.1) is 26.4 Å². The summed E-state index contributed by atoms with van der Waals surface area (Å²) in [6, 6.07) is 0. The van der Waals surface area contributed by atoms with Gasteiger partial charge in [-0.05, 0) is 37.5 Å². The predicted molar refractivity (Wildman–Crippen MR) is 349 cm³/mol. The Balaban J connectivity index is 5.19. The number of ether oxygens (including phenoxy) is 4. The van der Waals surface area contributed by atoms with Gasteiger partial charge in [-0.2, -0.15) is 0 Å². The van der Waals surface area contributed by atoms with Gasteiger partial charge in [0.1, 0.15) is 19.3 Å². The van der Waals surface area contributed by atoms with Crippen LogP contribution in [0.4, 0.5) is 0 Å². The average molecular weight is 1280 g/mol. The predicted octanol–water partition coefficient (Wildman–Crippen LogP) is 19.2. The van der Waals surface area contributed by atoms with Gasteiger partial charge in [-0.3, -0.25) is 37.3 Å². The lowest BCUT2D eigenvalue weighted by atomic mass is 10.0. The van der Waals surface area contributed by atoms with E-state index in [2.05, 4.69) is 41.5 Å². The fourth-order valence-electron chi connectivity index (χ4n) is 10.2. The van der Waals surface area contributed by atoms with Crippen LogP contribution in [0.3, 0.4) is 0 Å². The maximum atomic E-state index is 13.0. The van der Waals surface area contributed by atoms with Crippen LogP contribution in [0.1, 0.15) is 343 Å². The molecule has 0 bridgehead atoms. The molecule has 0 saturated heterocycles. The third kappa shape index (κ3) is 62.6. The van der Waals surface area contributed by atoms with Crippen molar-refractivity contribution in [1.29, 1.82) is 0 Å². The molecule has 0 aromatic carbocycles. The third-order valence-corrected chi connectivity index (χ3v) is 17.6. The smallest absolute Gasteiger partial charge is 0.462 e. The van der Waals surface area contributed by atoms with Crippen molar-refractivity contribution in [3.8, 4) is 0 Å². The van der Waals surface area contributed by atoms with E-state index in [4.69, 9.17) is 37.0 Å². The lowest BCUT2D eigenvalue weighted by Gasteiger charge is -2.21. The molecule has 5 atom stereocenters. The summed E-state index contributed by atoms with van der Waals surface area (Å²) in [4.78, 5) is 72.3. The van der Waals surface area contributed by atoms with Crippen LogP contribution in [-0.2, 0) is 65.4 Å². The molecular weight excluding hydrogens is 1150 g/mol. The van der Waals surface area contributed by atoms with Crippen molar-refractivity contribution in [1.82, 2.24) is 0 Å². The second kappa shape index (κ2) is 60.3. The molecule has 0 aliphatic heterocycles. The first-order valence-corrected chi connectivity index (χ1v) is 38.5. The zero-order valence-corrected chi connectivity index (χ0v) is 58.1. The van der Waals surface area contributed by atoms with E-state index in [-0.39, 0.29) is 25.7 Å². The Bertz CT molecular complexity index is 1700. The van der Waals surface area contributed by atoms with Gasteiger partial charge in [0.2, 0.25) is 0 Å². The van der Waals surface area contributed by atoms with E-state index in [0.29, 0.717) is 31.6 Å². The van der Waals surface area contributed by atoms with E-state index in [1.165, 1.54) is 148 Å². The van der Waals surface area contributed by atoms with Gasteiger partial charge in [0.25, 0.3) is 0 Å². The van der Waals surface area contributed by atoms with Gasteiger partial charge < -0.3 is 33.8 Å². The number of carbonyl (C=O) groups excluding carboxylic acids is 4. The molecule has 87 heavy (non-hydrogen) atoms. The Labute approximate surface area is 530 Å². The highest BCUT2D eigenvalue weighted by molar-refractivity contribution is 7.47. The SMILES string of the molecule is CCCCCCCCCCCCCCCCCCCC(=O)O[C@H](COC(=O)CCCCCCCCCCCCCC(C)C)COP(=O)(O)OC[C@@H](O)COP(=O)(O)OC[C@@H](COC(=O)CCCCCCCCC)OC(=O)CCCCCCCCC(C)C. The first-order valence-electron chi connectivity index (χ1n) is 35.5. The zero-order chi connectivity index (χ0) is 64.3. The number of carbonyl (C=O) groups is 4. The lowest BCUT2D eigenvalue weighted by molar-refractivity contribution is -0.161. The maximum absolute atomic E-state index is 13.0. The van der Waals surface area contributed by atoms with Crippen molar-refractivity contribution in [2.24, 2.45) is 11.8 Å². The minimum atomic E-state index is -4.95. The molecule has 0 aromatic rings. The van der Waals surface area contributed by atoms with Crippen LogP contribution >= 0.6 is 15.6 Å². The average Bonchev–Trinajstić information content (AvgIpc) is 3.56. The normalized spacial score (nSPS) is 14.2. The van der Waals surface area contributed by atoms with E-state index in [9.17, 15) is 43.2 Å². The molecule has 0 spiro atoms. The number of phosphoric acid groups is 2. The molecule has 17 nitrogen and oxygen atoms in total. The Kier molecular flexibility index (Phi) is 59.0. The van der Waals surface area contributed by atoms with E-state index in [1.807, 2.05) is 0 Å². The van der Waals surface area contributed by atoms with Gasteiger partial charge in [-0.15, -0.1) is 0 Å². The number of aliphatic hydroxyl groups is 1. The van der Waals surface area contributed by atoms with Crippen LogP contribution in [0.5, 0.6) is 0 Å². The summed E-state index contributed by atoms with van der Waals surface area (Å²) in [5.74, 6) is -0.695. The number of rotatable bonds is 67. The molecule has 0 saturated carbocycles. The van der Waals surface area contributed by atoms with Crippen LogP contribution < -0.4 is 0 Å². The maximum Gasteiger partial charge on any atom is 0.472 e. The molecule has 3 N–H and O–H groups in total. The van der Waals surface area contributed by atoms with Crippen molar-refractivity contribution in [2.45, 2.75) is 362 Å². The van der Waals surface area contributed by atoms with Crippen LogP contribution in [-0.4, -0.2) is 96.7 Å². The highest BCUT2D eigenvalue weighted by Crippen LogP contribution is 2.45. The largest absolute Gasteiger partial charge is 0.472 e. The standard InChI is InChI=1S/C68H132O17P2/c1-7-9-11-13-15-16-17-18-19-20-21-22-25-29-33-40-46-52-67(72)84-63(57-79-66(71)51-45-39-32-28-26-23-24-27-31-36-42-48-60(3)4)58-82-86(74,75)80-54-62(69)55-81-87(76,77)83-59-64(56-78-65(70)50-44-38-30-14-12-10-8-2)85-68(73)53-47-41-35-34-37-43-49-61(5)6/h60-64,69H,7-59H2,1-6H3,(H,74,75)(H,76,77)/t62-,63-,64-/m1/s1. The summed E-state index contributed by atoms with van der Waals surface area (Å²) in [7, 11) is -9.89. The Morgan fingerprint density at radius 1 is 0.310 bits per heavy atom. The topological polar surface area (TPSA) is 237 Å². The first kappa shape index (κ1) is 85.1. The minimum Gasteiger partial charge on any atom is -0.462 e. The molecule has 0 aliphatic carbocycles. The quantitative estimate of drug-likeness (QED) is 0.0222. The van der Waals surface area contributed by atoms with Gasteiger partial charge in [0, 0.05) is 25.7 Å². The van der Waals surface area contributed by atoms with Crippen molar-refractivity contribution in [3.63, 3.8) is 0 Å². The summed E-state index contributed by atoms with van der Waals surface area (Å²) < 4.78 is 68.0. The van der Waals surface area contributed by atoms with E-state index < -0.39 is 97.5 Å². The van der Waals surface area contributed by atoms with Crippen LogP contribution in [0, 0.1) is 11.8 Å². The molecule has 0 rings (SSSR count). The number of phosphoric ester groups is 2. The van der Waals surface area contributed by atoms with Crippen LogP contribution in [0.2, 0.25) is 0 Å². The summed E-state index contributed by atoms with van der Waals surface area (Å²) in [6.45, 7) is 9.40. The van der Waals surface area contributed by atoms with Crippen LogP contribution in [0.25, 0.3) is 0 Å². The number of hydrogen-bond donors (Lipinski definition) is 3. The number of hydrogen-bond acceptors (Lipinski definition) is 15. The van der Waals surface area contributed by atoms with Crippen molar-refractivity contribution in [2.75, 3.05) is 39.6 Å². The lowest BCUT2D eigenvalue weighted by Crippen LogP contribution is -2.30. The first-order chi connectivity index (χ1) is 41.9. The number of unbranched alkanes of at least 4 members (excludes halogenated alkanes) is 37. The zero-order valence-electron chi connectivity index (χ0n) is 56.3. The minimum absolute atomic E-state index is 0.102. The van der Waals surface area contributed by atoms with Crippen molar-refractivity contribution >= 4 is 39.5 Å². The van der Waals surface area contributed by atoms with Gasteiger partial charge >= 0.3 is 39.5 Å². The molecule has 19 heteroatoms. The summed E-state index contributed by atoms with van der Waals surface area (Å²) in [5.41, 5.74) is 0. The molecule has 0 aromatic heterocycles. The molecular formula is C68H132O17P2. The third-order valence-electron chi connectivity index (χ3n) is 15.7. The monoisotopic (exact) mass is 1280 g/mol. The van der Waals surface area contributed by atoms with E-state index in [1.54, 1.807) is 0 Å². The second-order valence-electron chi connectivity index (χ2n) is 25.5. The van der Waals surface area contributed by atoms with Crippen LogP contribution in [0.15, 0.2) is 0 Å². The molecule has 0 amide bonds. The molecule has 0 heterocycles. The molecule has 2 unspecified atom stereocenters. The number of esters is 4. The van der Waals surface area contributed by atoms with E-state index in [0.717, 1.165) is 109 Å².